The fraction of sp³-hybridized carbons (Fsp3) is 0.318. The zero-order valence-corrected chi connectivity index (χ0v) is 31.8. The quantitative estimate of drug-likeness (QED) is 0.102. The highest BCUT2D eigenvalue weighted by Crippen LogP contribution is 2.33. The standard InChI is InChI=1S/C44H45F3N6O2S/c45-44(46,47)40-14-8-7-11-35(40)27-52(43(56)51-36-12-5-2-6-13-36)28-39(42(49)34-19-21-38(22-20-34)55-29-33-9-3-1-4-10-33)41(54)23-37-25-50-30-53(37)26-32-17-15-31(24-48)16-18-32/h1,3-4,7-11,14-22,25,30,36,39,42H,2,5-6,12-13,23,26-29,49H2,(H,51,56)/t39-,42?/m1/s1. The molecule has 1 fully saturated rings. The first-order chi connectivity index (χ1) is 27.1. The van der Waals surface area contributed by atoms with Crippen LogP contribution in [-0.2, 0) is 37.1 Å². The maximum atomic E-state index is 14.6. The number of hydrogen-bond acceptors (Lipinski definition) is 6. The first kappa shape index (κ1) is 40.2. The molecule has 5 aromatic rings. The summed E-state index contributed by atoms with van der Waals surface area (Å²) >= 11 is 5.94. The van der Waals surface area contributed by atoms with Crippen LogP contribution in [0.3, 0.4) is 0 Å². The summed E-state index contributed by atoms with van der Waals surface area (Å²) in [5.41, 5.74) is 10.1. The number of halogens is 3. The summed E-state index contributed by atoms with van der Waals surface area (Å²) in [5.74, 6) is -0.464. The number of carbonyl (C=O) groups is 1. The molecule has 1 aromatic heterocycles. The zero-order chi connectivity index (χ0) is 39.5. The Kier molecular flexibility index (Phi) is 13.5. The van der Waals surface area contributed by atoms with Gasteiger partial charge in [-0.2, -0.15) is 18.4 Å². The van der Waals surface area contributed by atoms with Crippen molar-refractivity contribution in [2.45, 2.75) is 76.5 Å². The Bertz CT molecular complexity index is 2090. The normalized spacial score (nSPS) is 14.3. The molecule has 0 amide bonds. The van der Waals surface area contributed by atoms with Crippen LogP contribution in [0.15, 0.2) is 116 Å². The Morgan fingerprint density at radius 3 is 2.36 bits per heavy atom. The number of thiocarbonyl (C=S) groups is 1. The number of imidazole rings is 1. The molecule has 2 atom stereocenters. The van der Waals surface area contributed by atoms with Crippen molar-refractivity contribution in [3.8, 4) is 11.8 Å². The first-order valence-electron chi connectivity index (χ1n) is 18.8. The van der Waals surface area contributed by atoms with Crippen LogP contribution >= 0.6 is 12.2 Å². The number of ketones is 1. The van der Waals surface area contributed by atoms with E-state index in [0.717, 1.165) is 49.3 Å². The summed E-state index contributed by atoms with van der Waals surface area (Å²) in [5, 5.41) is 12.9. The fourth-order valence-corrected chi connectivity index (χ4v) is 7.42. The number of nitrogens with zero attached hydrogens (tertiary/aromatic N) is 4. The number of alkyl halides is 3. The van der Waals surface area contributed by atoms with E-state index in [1.165, 1.54) is 12.1 Å². The van der Waals surface area contributed by atoms with E-state index in [1.54, 1.807) is 47.8 Å². The van der Waals surface area contributed by atoms with Gasteiger partial charge in [0.05, 0.1) is 29.4 Å². The van der Waals surface area contributed by atoms with E-state index in [0.29, 0.717) is 35.7 Å². The molecule has 6 rings (SSSR count). The lowest BCUT2D eigenvalue weighted by molar-refractivity contribution is -0.138. The lowest BCUT2D eigenvalue weighted by Gasteiger charge is -2.35. The van der Waals surface area contributed by atoms with Crippen LogP contribution in [0, 0.1) is 17.2 Å². The molecule has 4 aromatic carbocycles. The molecule has 12 heteroatoms. The van der Waals surface area contributed by atoms with Crippen LogP contribution in [0.2, 0.25) is 0 Å². The van der Waals surface area contributed by atoms with E-state index < -0.39 is 23.7 Å². The van der Waals surface area contributed by atoms with E-state index in [1.807, 2.05) is 59.2 Å². The SMILES string of the molecule is N#Cc1ccc(Cn2cncc2CC(=O)[C@@H](CN(Cc2ccccc2C(F)(F)F)C(=S)NC2CCCCC2)C(N)c2ccc(OCc3ccccc3)cc2)cc1. The first-order valence-corrected chi connectivity index (χ1v) is 19.2. The number of Topliss-reactive ketones (excluding diaryl/α,β-unsaturated/α-hetero) is 1. The van der Waals surface area contributed by atoms with Gasteiger partial charge in [-0.1, -0.05) is 92.1 Å². The van der Waals surface area contributed by atoms with Gasteiger partial charge in [0.15, 0.2) is 5.11 Å². The number of nitrogens with one attached hydrogen (secondary N) is 1. The average molecular weight is 779 g/mol. The lowest BCUT2D eigenvalue weighted by atomic mass is 9.87. The molecule has 1 unspecified atom stereocenters. The van der Waals surface area contributed by atoms with Gasteiger partial charge in [-0.05, 0) is 77.6 Å². The van der Waals surface area contributed by atoms with Gasteiger partial charge in [0.25, 0.3) is 0 Å². The zero-order valence-electron chi connectivity index (χ0n) is 31.0. The Labute approximate surface area is 331 Å². The molecule has 1 saturated carbocycles. The molecule has 1 heterocycles. The number of nitriles is 1. The van der Waals surface area contributed by atoms with Gasteiger partial charge in [0, 0.05) is 50.0 Å². The lowest BCUT2D eigenvalue weighted by Crippen LogP contribution is -2.49. The number of aromatic nitrogens is 2. The maximum absolute atomic E-state index is 14.6. The third kappa shape index (κ3) is 10.8. The van der Waals surface area contributed by atoms with Crippen molar-refractivity contribution >= 4 is 23.1 Å². The second-order valence-electron chi connectivity index (χ2n) is 14.3. The van der Waals surface area contributed by atoms with E-state index in [9.17, 15) is 23.2 Å². The minimum absolute atomic E-state index is 0.0251. The van der Waals surface area contributed by atoms with Crippen molar-refractivity contribution in [2.75, 3.05) is 6.54 Å². The van der Waals surface area contributed by atoms with Crippen molar-refractivity contribution in [3.05, 3.63) is 155 Å². The van der Waals surface area contributed by atoms with E-state index in [4.69, 9.17) is 22.7 Å². The molecule has 0 bridgehead atoms. The Morgan fingerprint density at radius 1 is 0.964 bits per heavy atom. The third-order valence-corrected chi connectivity index (χ3v) is 10.6. The van der Waals surface area contributed by atoms with Crippen LogP contribution < -0.4 is 15.8 Å². The highest BCUT2D eigenvalue weighted by molar-refractivity contribution is 7.80. The highest BCUT2D eigenvalue weighted by Gasteiger charge is 2.35. The minimum Gasteiger partial charge on any atom is -0.489 e. The maximum Gasteiger partial charge on any atom is 0.416 e. The van der Waals surface area contributed by atoms with E-state index >= 15 is 0 Å². The van der Waals surface area contributed by atoms with Crippen molar-refractivity contribution in [3.63, 3.8) is 0 Å². The van der Waals surface area contributed by atoms with Crippen LogP contribution in [0.5, 0.6) is 5.75 Å². The third-order valence-electron chi connectivity index (χ3n) is 10.3. The number of ether oxygens (including phenoxy) is 1. The van der Waals surface area contributed by atoms with Crippen LogP contribution in [0.1, 0.15) is 77.2 Å². The smallest absolute Gasteiger partial charge is 0.416 e. The predicted molar refractivity (Wildman–Crippen MR) is 213 cm³/mol. The van der Waals surface area contributed by atoms with Crippen LogP contribution in [-0.4, -0.2) is 37.9 Å². The Hall–Kier alpha value is -5.51. The molecule has 3 N–H and O–H groups in total. The van der Waals surface area contributed by atoms with Gasteiger partial charge in [-0.15, -0.1) is 0 Å². The molecule has 8 nitrogen and oxygen atoms in total. The number of nitrogens with two attached hydrogens (primary N) is 1. The summed E-state index contributed by atoms with van der Waals surface area (Å²) in [6, 6.07) is 31.0. The van der Waals surface area contributed by atoms with Crippen LogP contribution in [0.25, 0.3) is 0 Å². The second kappa shape index (κ2) is 18.9. The summed E-state index contributed by atoms with van der Waals surface area (Å²) in [4.78, 5) is 20.6. The van der Waals surface area contributed by atoms with Crippen molar-refractivity contribution < 1.29 is 22.7 Å². The van der Waals surface area contributed by atoms with Gasteiger partial charge < -0.3 is 25.3 Å². The highest BCUT2D eigenvalue weighted by atomic mass is 32.1. The van der Waals surface area contributed by atoms with Gasteiger partial charge in [-0.3, -0.25) is 4.79 Å². The molecular weight excluding hydrogens is 734 g/mol. The monoisotopic (exact) mass is 778 g/mol. The molecule has 0 spiro atoms. The molecule has 0 aliphatic heterocycles. The Balaban J connectivity index is 1.29. The number of rotatable bonds is 15. The molecule has 0 radical (unpaired) electrons. The van der Waals surface area contributed by atoms with Crippen molar-refractivity contribution in [2.24, 2.45) is 11.7 Å². The van der Waals surface area contributed by atoms with Gasteiger partial charge in [0.1, 0.15) is 18.1 Å². The van der Waals surface area contributed by atoms with E-state index in [-0.39, 0.29) is 42.0 Å². The molecular formula is C44H45F3N6O2S. The largest absolute Gasteiger partial charge is 0.489 e. The fourth-order valence-electron chi connectivity index (χ4n) is 7.11. The topological polar surface area (TPSA) is 109 Å². The van der Waals surface area contributed by atoms with Crippen molar-refractivity contribution in [1.29, 1.82) is 5.26 Å². The van der Waals surface area contributed by atoms with Gasteiger partial charge in [-0.25, -0.2) is 4.98 Å². The molecule has 0 saturated heterocycles. The Morgan fingerprint density at radius 2 is 1.66 bits per heavy atom. The van der Waals surface area contributed by atoms with Gasteiger partial charge >= 0.3 is 6.18 Å². The number of hydrogen-bond donors (Lipinski definition) is 2. The second-order valence-corrected chi connectivity index (χ2v) is 14.6. The summed E-state index contributed by atoms with van der Waals surface area (Å²) < 4.78 is 50.7. The molecule has 56 heavy (non-hydrogen) atoms. The average Bonchev–Trinajstić information content (AvgIpc) is 3.65. The number of benzene rings is 4. The van der Waals surface area contributed by atoms with E-state index in [2.05, 4.69) is 16.4 Å². The summed E-state index contributed by atoms with van der Waals surface area (Å²) in [7, 11) is 0. The summed E-state index contributed by atoms with van der Waals surface area (Å²) in [6.07, 6.45) is 3.66. The minimum atomic E-state index is -4.58. The molecule has 1 aliphatic carbocycles. The molecule has 1 aliphatic rings. The summed E-state index contributed by atoms with van der Waals surface area (Å²) in [6.45, 7) is 0.600. The predicted octanol–water partition coefficient (Wildman–Crippen LogP) is 8.54. The van der Waals surface area contributed by atoms with Gasteiger partial charge in [0.2, 0.25) is 0 Å². The molecule has 290 valence electrons. The van der Waals surface area contributed by atoms with Crippen LogP contribution in [0.4, 0.5) is 13.2 Å². The van der Waals surface area contributed by atoms with Crippen molar-refractivity contribution in [1.82, 2.24) is 19.8 Å². The number of carbonyl (C=O) groups excluding carboxylic acids is 1.